The van der Waals surface area contributed by atoms with Crippen LogP contribution < -0.4 is 10.0 Å². The Morgan fingerprint density at radius 1 is 1.55 bits per heavy atom. The lowest BCUT2D eigenvalue weighted by atomic mass is 10.1. The van der Waals surface area contributed by atoms with Gasteiger partial charge in [0.05, 0.1) is 6.20 Å². The van der Waals surface area contributed by atoms with Crippen molar-refractivity contribution in [3.8, 4) is 0 Å². The molecule has 0 bridgehead atoms. The van der Waals surface area contributed by atoms with Gasteiger partial charge in [-0.25, -0.2) is 13.1 Å². The van der Waals surface area contributed by atoms with Gasteiger partial charge in [-0.05, 0) is 43.9 Å². The van der Waals surface area contributed by atoms with E-state index in [4.69, 9.17) is 0 Å². The summed E-state index contributed by atoms with van der Waals surface area (Å²) in [6, 6.07) is 0. The second kappa shape index (κ2) is 7.44. The summed E-state index contributed by atoms with van der Waals surface area (Å²) in [6.07, 6.45) is 5.04. The molecule has 8 heteroatoms. The monoisotopic (exact) mass is 318 g/mol. The van der Waals surface area contributed by atoms with Gasteiger partial charge in [-0.1, -0.05) is 0 Å². The first-order chi connectivity index (χ1) is 9.62. The summed E-state index contributed by atoms with van der Waals surface area (Å²) >= 11 is 1.89. The van der Waals surface area contributed by atoms with Crippen molar-refractivity contribution in [1.82, 2.24) is 19.8 Å². The van der Waals surface area contributed by atoms with Crippen LogP contribution in [0.3, 0.4) is 0 Å². The van der Waals surface area contributed by atoms with Gasteiger partial charge < -0.3 is 5.32 Å². The first-order valence-corrected chi connectivity index (χ1v) is 9.50. The Balaban J connectivity index is 1.88. The third kappa shape index (κ3) is 4.47. The summed E-state index contributed by atoms with van der Waals surface area (Å²) < 4.78 is 28.7. The number of nitrogens with one attached hydrogen (secondary N) is 2. The van der Waals surface area contributed by atoms with Crippen LogP contribution in [-0.2, 0) is 16.6 Å². The lowest BCUT2D eigenvalue weighted by Crippen LogP contribution is -2.29. The Morgan fingerprint density at radius 3 is 3.10 bits per heavy atom. The molecular weight excluding hydrogens is 296 g/mol. The van der Waals surface area contributed by atoms with Crippen molar-refractivity contribution in [1.29, 1.82) is 0 Å². The van der Waals surface area contributed by atoms with Gasteiger partial charge in [0.1, 0.15) is 4.90 Å². The first kappa shape index (κ1) is 15.8. The molecule has 1 fully saturated rings. The number of aromatic nitrogens is 2. The molecule has 1 aliphatic heterocycles. The SMILES string of the molecule is CNCCCn1cc(S(=O)(=O)NCC2CCSC2)cn1. The Labute approximate surface area is 124 Å². The maximum Gasteiger partial charge on any atom is 0.243 e. The molecule has 1 aromatic heterocycles. The summed E-state index contributed by atoms with van der Waals surface area (Å²) in [4.78, 5) is 0.257. The third-order valence-corrected chi connectivity index (χ3v) is 5.93. The highest BCUT2D eigenvalue weighted by molar-refractivity contribution is 7.99. The van der Waals surface area contributed by atoms with E-state index in [2.05, 4.69) is 15.1 Å². The van der Waals surface area contributed by atoms with Crippen molar-refractivity contribution < 1.29 is 8.42 Å². The Kier molecular flexibility index (Phi) is 5.88. The molecule has 1 unspecified atom stereocenters. The molecule has 1 saturated heterocycles. The van der Waals surface area contributed by atoms with Crippen molar-refractivity contribution in [2.45, 2.75) is 24.3 Å². The van der Waals surface area contributed by atoms with Gasteiger partial charge in [0.25, 0.3) is 0 Å². The van der Waals surface area contributed by atoms with E-state index in [0.717, 1.165) is 37.4 Å². The highest BCUT2D eigenvalue weighted by Gasteiger charge is 2.21. The standard InChI is InChI=1S/C12H22N4O2S2/c1-13-4-2-5-16-9-12(8-14-16)20(17,18)15-7-11-3-6-19-10-11/h8-9,11,13,15H,2-7,10H2,1H3. The average molecular weight is 318 g/mol. The second-order valence-corrected chi connectivity index (χ2v) is 7.89. The number of hydrogen-bond acceptors (Lipinski definition) is 5. The lowest BCUT2D eigenvalue weighted by molar-refractivity contribution is 0.544. The quantitative estimate of drug-likeness (QED) is 0.684. The van der Waals surface area contributed by atoms with E-state index < -0.39 is 10.0 Å². The fourth-order valence-corrected chi connectivity index (χ4v) is 4.43. The molecule has 0 aromatic carbocycles. The smallest absolute Gasteiger partial charge is 0.243 e. The van der Waals surface area contributed by atoms with Gasteiger partial charge >= 0.3 is 0 Å². The topological polar surface area (TPSA) is 76.0 Å². The zero-order valence-electron chi connectivity index (χ0n) is 11.7. The maximum absolute atomic E-state index is 12.1. The van der Waals surface area contributed by atoms with Crippen LogP contribution in [0.4, 0.5) is 0 Å². The van der Waals surface area contributed by atoms with Crippen LogP contribution in [0.15, 0.2) is 17.3 Å². The van der Waals surface area contributed by atoms with Crippen molar-refractivity contribution in [3.63, 3.8) is 0 Å². The maximum atomic E-state index is 12.1. The van der Waals surface area contributed by atoms with E-state index in [0.29, 0.717) is 12.5 Å². The predicted molar refractivity (Wildman–Crippen MR) is 81.4 cm³/mol. The number of aryl methyl sites for hydroxylation is 1. The minimum atomic E-state index is -3.42. The first-order valence-electron chi connectivity index (χ1n) is 6.86. The van der Waals surface area contributed by atoms with Crippen molar-refractivity contribution >= 4 is 21.8 Å². The van der Waals surface area contributed by atoms with Crippen molar-refractivity contribution in [2.75, 3.05) is 31.6 Å². The van der Waals surface area contributed by atoms with Gasteiger partial charge in [-0.15, -0.1) is 0 Å². The summed E-state index contributed by atoms with van der Waals surface area (Å²) in [6.45, 7) is 2.13. The molecule has 1 atom stereocenters. The minimum absolute atomic E-state index is 0.257. The number of nitrogens with zero attached hydrogens (tertiary/aromatic N) is 2. The summed E-state index contributed by atoms with van der Waals surface area (Å²) in [7, 11) is -1.52. The van der Waals surface area contributed by atoms with Crippen LogP contribution >= 0.6 is 11.8 Å². The van der Waals surface area contributed by atoms with Crippen LogP contribution in [0, 0.1) is 5.92 Å². The van der Waals surface area contributed by atoms with Gasteiger partial charge in [-0.2, -0.15) is 16.9 Å². The van der Waals surface area contributed by atoms with Crippen LogP contribution in [0.25, 0.3) is 0 Å². The highest BCUT2D eigenvalue weighted by atomic mass is 32.2. The van der Waals surface area contributed by atoms with Gasteiger partial charge in [0.2, 0.25) is 10.0 Å². The van der Waals surface area contributed by atoms with E-state index in [1.54, 1.807) is 10.9 Å². The molecule has 1 aliphatic rings. The van der Waals surface area contributed by atoms with Crippen molar-refractivity contribution in [2.24, 2.45) is 5.92 Å². The zero-order chi connectivity index (χ0) is 14.4. The molecule has 0 aliphatic carbocycles. The fraction of sp³-hybridized carbons (Fsp3) is 0.750. The third-order valence-electron chi connectivity index (χ3n) is 3.32. The molecule has 0 spiro atoms. The molecule has 2 rings (SSSR count). The molecule has 0 radical (unpaired) electrons. The molecule has 1 aromatic rings. The van der Waals surface area contributed by atoms with E-state index in [9.17, 15) is 8.42 Å². The molecule has 20 heavy (non-hydrogen) atoms. The summed E-state index contributed by atoms with van der Waals surface area (Å²) in [5, 5.41) is 7.15. The molecule has 2 heterocycles. The molecule has 0 amide bonds. The number of hydrogen-bond donors (Lipinski definition) is 2. The zero-order valence-corrected chi connectivity index (χ0v) is 13.3. The van der Waals surface area contributed by atoms with Gasteiger partial charge in [0, 0.05) is 19.3 Å². The average Bonchev–Trinajstić information content (AvgIpc) is 3.08. The Hall–Kier alpha value is -0.570. The lowest BCUT2D eigenvalue weighted by Gasteiger charge is -2.09. The number of sulfonamides is 1. The van der Waals surface area contributed by atoms with Crippen LogP contribution in [0.2, 0.25) is 0 Å². The van der Waals surface area contributed by atoms with Crippen LogP contribution in [-0.4, -0.2) is 49.8 Å². The Morgan fingerprint density at radius 2 is 2.40 bits per heavy atom. The van der Waals surface area contributed by atoms with Gasteiger partial charge in [-0.3, -0.25) is 4.68 Å². The van der Waals surface area contributed by atoms with E-state index in [-0.39, 0.29) is 4.90 Å². The van der Waals surface area contributed by atoms with E-state index in [1.165, 1.54) is 6.20 Å². The number of rotatable bonds is 8. The normalized spacial score (nSPS) is 19.6. The van der Waals surface area contributed by atoms with Crippen LogP contribution in [0.5, 0.6) is 0 Å². The Bertz CT molecular complexity index is 509. The molecule has 2 N–H and O–H groups in total. The molecule has 6 nitrogen and oxygen atoms in total. The summed E-state index contributed by atoms with van der Waals surface area (Å²) in [5.41, 5.74) is 0. The predicted octanol–water partition coefficient (Wildman–Crippen LogP) is 0.524. The fourth-order valence-electron chi connectivity index (χ4n) is 2.08. The second-order valence-electron chi connectivity index (χ2n) is 4.98. The molecule has 0 saturated carbocycles. The largest absolute Gasteiger partial charge is 0.320 e. The molecule has 114 valence electrons. The van der Waals surface area contributed by atoms with E-state index >= 15 is 0 Å². The minimum Gasteiger partial charge on any atom is -0.320 e. The highest BCUT2D eigenvalue weighted by Crippen LogP contribution is 2.23. The molecular formula is C12H22N4O2S2. The van der Waals surface area contributed by atoms with Crippen molar-refractivity contribution in [3.05, 3.63) is 12.4 Å². The number of thioether (sulfide) groups is 1. The van der Waals surface area contributed by atoms with Gasteiger partial charge in [0.15, 0.2) is 0 Å². The van der Waals surface area contributed by atoms with Crippen LogP contribution in [0.1, 0.15) is 12.8 Å². The van der Waals surface area contributed by atoms with E-state index in [1.807, 2.05) is 18.8 Å². The summed E-state index contributed by atoms with van der Waals surface area (Å²) in [5.74, 6) is 2.64.